The van der Waals surface area contributed by atoms with Crippen molar-refractivity contribution in [3.05, 3.63) is 132 Å². The lowest BCUT2D eigenvalue weighted by Gasteiger charge is -2.27. The average molecular weight is 517 g/mol. The molecule has 0 saturated carbocycles. The molecule has 0 bridgehead atoms. The molecule has 2 unspecified atom stereocenters. The van der Waals surface area contributed by atoms with Gasteiger partial charge in [0.2, 0.25) is 0 Å². The number of aromatic nitrogens is 2. The van der Waals surface area contributed by atoms with E-state index in [2.05, 4.69) is 144 Å². The second kappa shape index (κ2) is 8.99. The Morgan fingerprint density at radius 2 is 1.20 bits per heavy atom. The Hall–Kier alpha value is -4.56. The van der Waals surface area contributed by atoms with E-state index in [0.29, 0.717) is 11.8 Å². The van der Waals surface area contributed by atoms with Crippen molar-refractivity contribution >= 4 is 50.1 Å². The normalized spacial score (nSPS) is 18.8. The van der Waals surface area contributed by atoms with E-state index in [4.69, 9.17) is 0 Å². The maximum Gasteiger partial charge on any atom is 0.0541 e. The lowest BCUT2D eigenvalue weighted by atomic mass is 9.86. The number of rotatable bonds is 3. The third-order valence-corrected chi connectivity index (χ3v) is 9.02. The highest BCUT2D eigenvalue weighted by Crippen LogP contribution is 2.43. The summed E-state index contributed by atoms with van der Waals surface area (Å²) in [5.41, 5.74) is 12.0. The standard InChI is InChI=1S/C38H32N2/c1-25-10-9-14-34-33-13-5-8-17-37(33)40(38(25)34)29-22-23-30(26(2)24-29)27-18-20-28(21-19-27)39-35-15-6-3-11-31(35)32-12-4-7-16-36(32)39/h3-9,11-23,25-26H,10,24H2,1-2H3. The smallest absolute Gasteiger partial charge is 0.0541 e. The van der Waals surface area contributed by atoms with E-state index in [1.165, 1.54) is 66.5 Å². The van der Waals surface area contributed by atoms with Crippen LogP contribution in [-0.4, -0.2) is 9.13 Å². The van der Waals surface area contributed by atoms with Crippen LogP contribution in [-0.2, 0) is 0 Å². The molecule has 2 heteroatoms. The molecule has 0 amide bonds. The molecule has 2 nitrogen and oxygen atoms in total. The highest BCUT2D eigenvalue weighted by atomic mass is 15.0. The molecule has 40 heavy (non-hydrogen) atoms. The number of para-hydroxylation sites is 3. The van der Waals surface area contributed by atoms with Crippen molar-refractivity contribution in [3.63, 3.8) is 0 Å². The van der Waals surface area contributed by atoms with Gasteiger partial charge in [0.05, 0.1) is 16.6 Å². The minimum atomic E-state index is 0.435. The van der Waals surface area contributed by atoms with Gasteiger partial charge in [-0.2, -0.15) is 0 Å². The highest BCUT2D eigenvalue weighted by molar-refractivity contribution is 6.09. The van der Waals surface area contributed by atoms with Crippen molar-refractivity contribution in [3.8, 4) is 5.69 Å². The van der Waals surface area contributed by atoms with E-state index in [9.17, 15) is 0 Å². The van der Waals surface area contributed by atoms with Gasteiger partial charge >= 0.3 is 0 Å². The van der Waals surface area contributed by atoms with E-state index in [1.54, 1.807) is 0 Å². The maximum atomic E-state index is 2.56. The summed E-state index contributed by atoms with van der Waals surface area (Å²) >= 11 is 0. The zero-order valence-electron chi connectivity index (χ0n) is 23.0. The fourth-order valence-electron chi connectivity index (χ4n) is 7.15. The van der Waals surface area contributed by atoms with Crippen LogP contribution in [0.15, 0.2) is 115 Å². The Morgan fingerprint density at radius 1 is 0.600 bits per heavy atom. The van der Waals surface area contributed by atoms with E-state index in [1.807, 2.05) is 0 Å². The van der Waals surface area contributed by atoms with Gasteiger partial charge in [-0.3, -0.25) is 0 Å². The Kier molecular flexibility index (Phi) is 5.25. The predicted molar refractivity (Wildman–Crippen MR) is 171 cm³/mol. The quantitative estimate of drug-likeness (QED) is 0.221. The summed E-state index contributed by atoms with van der Waals surface area (Å²) in [4.78, 5) is 0. The second-order valence-electron chi connectivity index (χ2n) is 11.5. The van der Waals surface area contributed by atoms with Gasteiger partial charge in [-0.15, -0.1) is 0 Å². The van der Waals surface area contributed by atoms with Crippen LogP contribution >= 0.6 is 0 Å². The topological polar surface area (TPSA) is 9.86 Å². The van der Waals surface area contributed by atoms with Crippen LogP contribution in [0, 0.1) is 5.92 Å². The number of hydrogen-bond acceptors (Lipinski definition) is 0. The number of nitrogens with zero attached hydrogens (tertiary/aromatic N) is 2. The molecule has 0 radical (unpaired) electrons. The lowest BCUT2D eigenvalue weighted by molar-refractivity contribution is 0.697. The molecule has 2 aliphatic rings. The lowest BCUT2D eigenvalue weighted by Crippen LogP contribution is -2.13. The highest BCUT2D eigenvalue weighted by Gasteiger charge is 2.26. The zero-order chi connectivity index (χ0) is 26.8. The molecule has 2 heterocycles. The van der Waals surface area contributed by atoms with E-state index in [-0.39, 0.29) is 0 Å². The van der Waals surface area contributed by atoms with Crippen LogP contribution in [0.5, 0.6) is 0 Å². The van der Waals surface area contributed by atoms with Crippen LogP contribution in [0.4, 0.5) is 0 Å². The minimum absolute atomic E-state index is 0.435. The summed E-state index contributed by atoms with van der Waals surface area (Å²) in [6, 6.07) is 35.5. The van der Waals surface area contributed by atoms with Gasteiger partial charge in [-0.1, -0.05) is 98.8 Å². The van der Waals surface area contributed by atoms with Gasteiger partial charge in [0.1, 0.15) is 0 Å². The molecule has 0 spiro atoms. The minimum Gasteiger partial charge on any atom is -0.316 e. The number of hydrogen-bond donors (Lipinski definition) is 0. The van der Waals surface area contributed by atoms with Gasteiger partial charge in [-0.05, 0) is 66.3 Å². The monoisotopic (exact) mass is 516 g/mol. The summed E-state index contributed by atoms with van der Waals surface area (Å²) in [5.74, 6) is 0.952. The van der Waals surface area contributed by atoms with E-state index in [0.717, 1.165) is 12.8 Å². The maximum absolute atomic E-state index is 2.56. The molecular weight excluding hydrogens is 484 g/mol. The van der Waals surface area contributed by atoms with Gasteiger partial charge in [0, 0.05) is 44.7 Å². The molecular formula is C38H32N2. The third kappa shape index (κ3) is 3.42. The summed E-state index contributed by atoms with van der Waals surface area (Å²) in [6.07, 6.45) is 11.5. The molecule has 0 saturated heterocycles. The zero-order valence-corrected chi connectivity index (χ0v) is 23.0. The van der Waals surface area contributed by atoms with Gasteiger partial charge < -0.3 is 9.13 Å². The summed E-state index contributed by atoms with van der Waals surface area (Å²) in [7, 11) is 0. The van der Waals surface area contributed by atoms with Crippen LogP contribution in [0.1, 0.15) is 49.4 Å². The molecule has 2 aromatic heterocycles. The van der Waals surface area contributed by atoms with Crippen molar-refractivity contribution in [2.24, 2.45) is 5.92 Å². The first-order chi connectivity index (χ1) is 19.7. The fourth-order valence-corrected chi connectivity index (χ4v) is 7.15. The summed E-state index contributed by atoms with van der Waals surface area (Å²) < 4.78 is 4.95. The fraction of sp³-hybridized carbons (Fsp3) is 0.158. The van der Waals surface area contributed by atoms with Crippen LogP contribution in [0.25, 0.3) is 55.7 Å². The van der Waals surface area contributed by atoms with Crippen LogP contribution < -0.4 is 0 Å². The molecule has 2 atom stereocenters. The molecule has 194 valence electrons. The Bertz CT molecular complexity index is 1970. The molecule has 6 aromatic rings. The molecule has 8 rings (SSSR count). The Labute approximate surface area is 235 Å². The molecule has 0 N–H and O–H groups in total. The van der Waals surface area contributed by atoms with Gasteiger partial charge in [-0.25, -0.2) is 0 Å². The van der Waals surface area contributed by atoms with E-state index >= 15 is 0 Å². The van der Waals surface area contributed by atoms with Crippen LogP contribution in [0.3, 0.4) is 0 Å². The first-order valence-corrected chi connectivity index (χ1v) is 14.5. The van der Waals surface area contributed by atoms with Gasteiger partial charge in [0.15, 0.2) is 0 Å². The molecule has 2 aliphatic carbocycles. The average Bonchev–Trinajstić information content (AvgIpc) is 3.52. The van der Waals surface area contributed by atoms with E-state index < -0.39 is 0 Å². The Balaban J connectivity index is 1.20. The predicted octanol–water partition coefficient (Wildman–Crippen LogP) is 10.2. The van der Waals surface area contributed by atoms with Gasteiger partial charge in [0.25, 0.3) is 0 Å². The summed E-state index contributed by atoms with van der Waals surface area (Å²) in [5, 5.41) is 3.96. The Morgan fingerprint density at radius 3 is 1.85 bits per heavy atom. The largest absolute Gasteiger partial charge is 0.316 e. The first kappa shape index (κ1) is 23.3. The van der Waals surface area contributed by atoms with Crippen LogP contribution in [0.2, 0.25) is 0 Å². The van der Waals surface area contributed by atoms with Crippen molar-refractivity contribution in [2.75, 3.05) is 0 Å². The number of benzene rings is 4. The van der Waals surface area contributed by atoms with Crippen molar-refractivity contribution < 1.29 is 0 Å². The SMILES string of the molecule is CC1CC(n2c3c(c4ccccc42)C=CCC3C)=CC=C1c1ccc(-n2c3ccccc3c3ccccc32)cc1. The third-order valence-electron chi connectivity index (χ3n) is 9.02. The summed E-state index contributed by atoms with van der Waals surface area (Å²) in [6.45, 7) is 4.74. The molecule has 0 fully saturated rings. The van der Waals surface area contributed by atoms with Crippen molar-refractivity contribution in [1.82, 2.24) is 9.13 Å². The molecule has 4 aromatic carbocycles. The number of fused-ring (bicyclic) bond motifs is 6. The molecule has 0 aliphatic heterocycles. The second-order valence-corrected chi connectivity index (χ2v) is 11.5. The number of allylic oxidation sites excluding steroid dienone is 5. The first-order valence-electron chi connectivity index (χ1n) is 14.5. The van der Waals surface area contributed by atoms with Crippen molar-refractivity contribution in [1.29, 1.82) is 0 Å². The van der Waals surface area contributed by atoms with Crippen molar-refractivity contribution in [2.45, 2.75) is 32.6 Å².